The molecule has 104 valence electrons. The van der Waals surface area contributed by atoms with Gasteiger partial charge in [0.2, 0.25) is 0 Å². The maximum Gasteiger partial charge on any atom is 0.323 e. The highest BCUT2D eigenvalue weighted by molar-refractivity contribution is 9.10. The predicted octanol–water partition coefficient (Wildman–Crippen LogP) is 3.37. The standard InChI is InChI=1S/C15H20BrNO2/c1-2-19-15(18)14-5-3-4-10-17(14)11-12-6-8-13(16)9-7-12/h6-9,14H,2-5,10-11H2,1H3/t14-/m1/s1. The van der Waals surface area contributed by atoms with E-state index >= 15 is 0 Å². The molecule has 0 bridgehead atoms. The number of ether oxygens (including phenoxy) is 1. The quantitative estimate of drug-likeness (QED) is 0.795. The molecule has 1 aliphatic heterocycles. The number of carbonyl (C=O) groups excluding carboxylic acids is 1. The third kappa shape index (κ3) is 4.05. The Bertz CT molecular complexity index is 419. The van der Waals surface area contributed by atoms with Gasteiger partial charge >= 0.3 is 5.97 Å². The van der Waals surface area contributed by atoms with Gasteiger partial charge in [-0.1, -0.05) is 34.5 Å². The molecule has 1 saturated heterocycles. The van der Waals surface area contributed by atoms with Crippen LogP contribution in [0.25, 0.3) is 0 Å². The van der Waals surface area contributed by atoms with Gasteiger partial charge in [0.15, 0.2) is 0 Å². The SMILES string of the molecule is CCOC(=O)[C@H]1CCCCN1Cc1ccc(Br)cc1. The molecule has 19 heavy (non-hydrogen) atoms. The molecule has 2 rings (SSSR count). The number of hydrogen-bond acceptors (Lipinski definition) is 3. The van der Waals surface area contributed by atoms with E-state index in [2.05, 4.69) is 33.0 Å². The first-order chi connectivity index (χ1) is 9.20. The number of hydrogen-bond donors (Lipinski definition) is 0. The molecule has 0 radical (unpaired) electrons. The van der Waals surface area contributed by atoms with Crippen LogP contribution in [0, 0.1) is 0 Å². The van der Waals surface area contributed by atoms with Crippen LogP contribution < -0.4 is 0 Å². The molecular weight excluding hydrogens is 306 g/mol. The van der Waals surface area contributed by atoms with Crippen LogP contribution in [0.4, 0.5) is 0 Å². The first kappa shape index (κ1) is 14.5. The normalized spacial score (nSPS) is 20.2. The van der Waals surface area contributed by atoms with Gasteiger partial charge < -0.3 is 4.74 Å². The molecule has 0 spiro atoms. The van der Waals surface area contributed by atoms with Gasteiger partial charge in [-0.25, -0.2) is 0 Å². The van der Waals surface area contributed by atoms with Gasteiger partial charge in [0.1, 0.15) is 6.04 Å². The second-order valence-electron chi connectivity index (χ2n) is 4.86. The van der Waals surface area contributed by atoms with E-state index in [0.29, 0.717) is 6.61 Å². The first-order valence-corrected chi connectivity index (χ1v) is 7.65. The minimum atomic E-state index is -0.0719. The van der Waals surface area contributed by atoms with Crippen molar-refractivity contribution in [2.45, 2.75) is 38.8 Å². The van der Waals surface area contributed by atoms with Crippen LogP contribution in [0.5, 0.6) is 0 Å². The van der Waals surface area contributed by atoms with Gasteiger partial charge in [-0.15, -0.1) is 0 Å². The Balaban J connectivity index is 2.03. The number of halogens is 1. The number of esters is 1. The Labute approximate surface area is 123 Å². The molecule has 1 aliphatic rings. The van der Waals surface area contributed by atoms with E-state index in [-0.39, 0.29) is 12.0 Å². The van der Waals surface area contributed by atoms with Crippen LogP contribution in [0.2, 0.25) is 0 Å². The number of benzene rings is 1. The van der Waals surface area contributed by atoms with Crippen molar-refractivity contribution in [1.29, 1.82) is 0 Å². The molecule has 0 amide bonds. The Hall–Kier alpha value is -0.870. The fourth-order valence-corrected chi connectivity index (χ4v) is 2.77. The second kappa shape index (κ2) is 7.06. The van der Waals surface area contributed by atoms with Crippen LogP contribution in [-0.4, -0.2) is 30.1 Å². The average Bonchev–Trinajstić information content (AvgIpc) is 2.42. The highest BCUT2D eigenvalue weighted by Gasteiger charge is 2.29. The van der Waals surface area contributed by atoms with Gasteiger partial charge in [-0.2, -0.15) is 0 Å². The van der Waals surface area contributed by atoms with Crippen molar-refractivity contribution in [3.05, 3.63) is 34.3 Å². The van der Waals surface area contributed by atoms with Gasteiger partial charge in [0, 0.05) is 11.0 Å². The zero-order chi connectivity index (χ0) is 13.7. The van der Waals surface area contributed by atoms with Crippen LogP contribution in [0.1, 0.15) is 31.7 Å². The lowest BCUT2D eigenvalue weighted by Crippen LogP contribution is -2.44. The summed E-state index contributed by atoms with van der Waals surface area (Å²) in [6, 6.07) is 8.20. The summed E-state index contributed by atoms with van der Waals surface area (Å²) in [7, 11) is 0. The maximum atomic E-state index is 12.0. The number of piperidine rings is 1. The van der Waals surface area contributed by atoms with Gasteiger partial charge in [0.25, 0.3) is 0 Å². The van der Waals surface area contributed by atoms with Gasteiger partial charge in [-0.05, 0) is 44.0 Å². The van der Waals surface area contributed by atoms with E-state index in [0.717, 1.165) is 36.8 Å². The van der Waals surface area contributed by atoms with E-state index in [1.807, 2.05) is 19.1 Å². The third-order valence-electron chi connectivity index (χ3n) is 3.47. The molecule has 4 heteroatoms. The van der Waals surface area contributed by atoms with Gasteiger partial charge in [0.05, 0.1) is 6.61 Å². The van der Waals surface area contributed by atoms with Crippen molar-refractivity contribution in [2.24, 2.45) is 0 Å². The Kier molecular flexibility index (Phi) is 5.40. The zero-order valence-corrected chi connectivity index (χ0v) is 12.9. The highest BCUT2D eigenvalue weighted by atomic mass is 79.9. The fraction of sp³-hybridized carbons (Fsp3) is 0.533. The number of likely N-dealkylation sites (tertiary alicyclic amines) is 1. The molecule has 1 fully saturated rings. The summed E-state index contributed by atoms with van der Waals surface area (Å²) < 4.78 is 6.26. The minimum absolute atomic E-state index is 0.0701. The molecule has 1 atom stereocenters. The second-order valence-corrected chi connectivity index (χ2v) is 5.78. The van der Waals surface area contributed by atoms with E-state index < -0.39 is 0 Å². The largest absolute Gasteiger partial charge is 0.465 e. The Morgan fingerprint density at radius 2 is 2.11 bits per heavy atom. The van der Waals surface area contributed by atoms with Crippen LogP contribution in [0.3, 0.4) is 0 Å². The van der Waals surface area contributed by atoms with E-state index in [1.54, 1.807) is 0 Å². The summed E-state index contributed by atoms with van der Waals surface area (Å²) >= 11 is 3.44. The van der Waals surface area contributed by atoms with Crippen LogP contribution in [0.15, 0.2) is 28.7 Å². The first-order valence-electron chi connectivity index (χ1n) is 6.86. The minimum Gasteiger partial charge on any atom is -0.465 e. The monoisotopic (exact) mass is 325 g/mol. The smallest absolute Gasteiger partial charge is 0.323 e. The fourth-order valence-electron chi connectivity index (χ4n) is 2.51. The molecule has 0 saturated carbocycles. The topological polar surface area (TPSA) is 29.5 Å². The summed E-state index contributed by atoms with van der Waals surface area (Å²) in [6.07, 6.45) is 3.18. The number of nitrogens with zero attached hydrogens (tertiary/aromatic N) is 1. The summed E-state index contributed by atoms with van der Waals surface area (Å²) in [6.45, 7) is 4.11. The summed E-state index contributed by atoms with van der Waals surface area (Å²) in [4.78, 5) is 14.2. The van der Waals surface area contributed by atoms with E-state index in [1.165, 1.54) is 5.56 Å². The molecule has 0 unspecified atom stereocenters. The van der Waals surface area contributed by atoms with Crippen LogP contribution >= 0.6 is 15.9 Å². The predicted molar refractivity (Wildman–Crippen MR) is 78.8 cm³/mol. The molecular formula is C15H20BrNO2. The molecule has 3 nitrogen and oxygen atoms in total. The maximum absolute atomic E-state index is 12.0. The van der Waals surface area contributed by atoms with E-state index in [9.17, 15) is 4.79 Å². The van der Waals surface area contributed by atoms with Gasteiger partial charge in [-0.3, -0.25) is 9.69 Å². The van der Waals surface area contributed by atoms with Crippen molar-refractivity contribution in [3.63, 3.8) is 0 Å². The summed E-state index contributed by atoms with van der Waals surface area (Å²) in [5, 5.41) is 0. The highest BCUT2D eigenvalue weighted by Crippen LogP contribution is 2.21. The molecule has 1 heterocycles. The number of rotatable bonds is 4. The lowest BCUT2D eigenvalue weighted by Gasteiger charge is -2.33. The Morgan fingerprint density at radius 1 is 1.37 bits per heavy atom. The lowest BCUT2D eigenvalue weighted by atomic mass is 10.0. The molecule has 0 aromatic heterocycles. The average molecular weight is 326 g/mol. The Morgan fingerprint density at radius 3 is 2.79 bits per heavy atom. The molecule has 1 aromatic carbocycles. The number of carbonyl (C=O) groups is 1. The molecule has 0 aliphatic carbocycles. The molecule has 1 aromatic rings. The van der Waals surface area contributed by atoms with Crippen molar-refractivity contribution in [3.8, 4) is 0 Å². The molecule has 0 N–H and O–H groups in total. The van der Waals surface area contributed by atoms with E-state index in [4.69, 9.17) is 4.74 Å². The zero-order valence-electron chi connectivity index (χ0n) is 11.3. The summed E-state index contributed by atoms with van der Waals surface area (Å²) in [5.41, 5.74) is 1.24. The van der Waals surface area contributed by atoms with Crippen molar-refractivity contribution in [2.75, 3.05) is 13.2 Å². The van der Waals surface area contributed by atoms with Crippen molar-refractivity contribution < 1.29 is 9.53 Å². The van der Waals surface area contributed by atoms with Crippen LogP contribution in [-0.2, 0) is 16.1 Å². The van der Waals surface area contributed by atoms with Crippen molar-refractivity contribution >= 4 is 21.9 Å². The summed E-state index contributed by atoms with van der Waals surface area (Å²) in [5.74, 6) is -0.0701. The lowest BCUT2D eigenvalue weighted by molar-refractivity contribution is -0.151. The third-order valence-corrected chi connectivity index (χ3v) is 4.00. The van der Waals surface area contributed by atoms with Crippen molar-refractivity contribution in [1.82, 2.24) is 4.90 Å².